The van der Waals surface area contributed by atoms with Crippen molar-refractivity contribution in [2.75, 3.05) is 32.5 Å². The van der Waals surface area contributed by atoms with E-state index in [1.165, 1.54) is 0 Å². The van der Waals surface area contributed by atoms with Gasteiger partial charge in [-0.1, -0.05) is 6.07 Å². The molecule has 0 radical (unpaired) electrons. The van der Waals surface area contributed by atoms with Gasteiger partial charge in [-0.15, -0.1) is 11.8 Å². The van der Waals surface area contributed by atoms with E-state index in [1.54, 1.807) is 20.1 Å². The number of amides is 2. The van der Waals surface area contributed by atoms with Gasteiger partial charge in [-0.25, -0.2) is 0 Å². The third-order valence-corrected chi connectivity index (χ3v) is 6.28. The van der Waals surface area contributed by atoms with Gasteiger partial charge in [0.25, 0.3) is 5.91 Å². The Bertz CT molecular complexity index is 612. The predicted octanol–water partition coefficient (Wildman–Crippen LogP) is 2.22. The lowest BCUT2D eigenvalue weighted by molar-refractivity contribution is -0.130. The largest absolute Gasteiger partial charge is 0.497 e. The first kappa shape index (κ1) is 16.2. The van der Waals surface area contributed by atoms with Crippen molar-refractivity contribution in [2.24, 2.45) is 0 Å². The van der Waals surface area contributed by atoms with Gasteiger partial charge in [0.05, 0.1) is 12.0 Å². The molecule has 2 aliphatic rings. The predicted molar refractivity (Wildman–Crippen MR) is 90.7 cm³/mol. The second kappa shape index (κ2) is 6.43. The maximum absolute atomic E-state index is 13.0. The van der Waals surface area contributed by atoms with Crippen molar-refractivity contribution in [3.05, 3.63) is 29.8 Å². The zero-order valence-corrected chi connectivity index (χ0v) is 14.4. The lowest BCUT2D eigenvalue weighted by Crippen LogP contribution is -2.53. The lowest BCUT2D eigenvalue weighted by Gasteiger charge is -2.44. The second-order valence-electron chi connectivity index (χ2n) is 5.99. The smallest absolute Gasteiger partial charge is 0.255 e. The first-order valence-electron chi connectivity index (χ1n) is 7.91. The van der Waals surface area contributed by atoms with Gasteiger partial charge in [-0.2, -0.15) is 0 Å². The molecule has 0 bridgehead atoms. The Morgan fingerprint density at radius 2 is 1.96 bits per heavy atom. The van der Waals surface area contributed by atoms with Gasteiger partial charge >= 0.3 is 0 Å². The summed E-state index contributed by atoms with van der Waals surface area (Å²) < 4.78 is 5.22. The van der Waals surface area contributed by atoms with Gasteiger partial charge in [0.15, 0.2) is 0 Å². The van der Waals surface area contributed by atoms with Crippen LogP contribution in [0.15, 0.2) is 24.3 Å². The third kappa shape index (κ3) is 3.04. The summed E-state index contributed by atoms with van der Waals surface area (Å²) in [5.74, 6) is 1.83. The molecule has 0 N–H and O–H groups in total. The first-order valence-corrected chi connectivity index (χ1v) is 8.90. The van der Waals surface area contributed by atoms with Crippen LogP contribution in [0.5, 0.6) is 5.75 Å². The number of benzene rings is 1. The molecule has 6 heteroatoms. The second-order valence-corrected chi connectivity index (χ2v) is 7.45. The summed E-state index contributed by atoms with van der Waals surface area (Å²) >= 11 is 1.86. The minimum Gasteiger partial charge on any atom is -0.497 e. The highest BCUT2D eigenvalue weighted by molar-refractivity contribution is 8.00. The van der Waals surface area contributed by atoms with Gasteiger partial charge < -0.3 is 14.5 Å². The van der Waals surface area contributed by atoms with Crippen LogP contribution in [0.2, 0.25) is 0 Å². The zero-order valence-electron chi connectivity index (χ0n) is 13.6. The molecule has 0 atom stereocenters. The number of rotatable bonds is 2. The molecule has 1 aromatic rings. The molecular weight excluding hydrogens is 312 g/mol. The molecule has 0 aliphatic carbocycles. The van der Waals surface area contributed by atoms with Gasteiger partial charge in [0.2, 0.25) is 5.91 Å². The summed E-state index contributed by atoms with van der Waals surface area (Å²) in [7, 11) is 1.61. The average molecular weight is 334 g/mol. The van der Waals surface area contributed by atoms with E-state index in [0.717, 1.165) is 38.2 Å². The van der Waals surface area contributed by atoms with Crippen LogP contribution in [0.4, 0.5) is 0 Å². The maximum Gasteiger partial charge on any atom is 0.255 e. The summed E-state index contributed by atoms with van der Waals surface area (Å²) in [5, 5.41) is 0. The van der Waals surface area contributed by atoms with Crippen LogP contribution >= 0.6 is 11.8 Å². The number of nitrogens with zero attached hydrogens (tertiary/aromatic N) is 2. The fourth-order valence-electron chi connectivity index (χ4n) is 3.39. The average Bonchev–Trinajstić information content (AvgIpc) is 2.97. The minimum absolute atomic E-state index is 0.0603. The minimum atomic E-state index is -0.161. The molecule has 0 aromatic heterocycles. The molecule has 1 aromatic carbocycles. The summed E-state index contributed by atoms with van der Waals surface area (Å²) in [6.07, 6.45) is 1.68. The molecule has 2 fully saturated rings. The molecule has 23 heavy (non-hydrogen) atoms. The van der Waals surface area contributed by atoms with Crippen molar-refractivity contribution in [3.8, 4) is 5.75 Å². The number of carbonyl (C=O) groups excluding carboxylic acids is 2. The third-order valence-electron chi connectivity index (χ3n) is 4.73. The van der Waals surface area contributed by atoms with Gasteiger partial charge in [0, 0.05) is 37.9 Å². The highest BCUT2D eigenvalue weighted by Crippen LogP contribution is 2.44. The molecule has 1 spiro atoms. The van der Waals surface area contributed by atoms with E-state index in [1.807, 2.05) is 39.8 Å². The summed E-state index contributed by atoms with van der Waals surface area (Å²) in [4.78, 5) is 28.2. The number of hydrogen-bond donors (Lipinski definition) is 0. The highest BCUT2D eigenvalue weighted by atomic mass is 32.2. The van der Waals surface area contributed by atoms with E-state index >= 15 is 0 Å². The number of piperidine rings is 1. The van der Waals surface area contributed by atoms with E-state index in [0.29, 0.717) is 11.3 Å². The highest BCUT2D eigenvalue weighted by Gasteiger charge is 2.46. The van der Waals surface area contributed by atoms with Crippen molar-refractivity contribution in [3.63, 3.8) is 0 Å². The number of ether oxygens (including phenoxy) is 1. The van der Waals surface area contributed by atoms with Crippen LogP contribution in [-0.2, 0) is 4.79 Å². The molecule has 2 saturated heterocycles. The lowest BCUT2D eigenvalue weighted by atomic mass is 10.0. The van der Waals surface area contributed by atoms with Crippen molar-refractivity contribution in [1.29, 1.82) is 0 Å². The van der Waals surface area contributed by atoms with Crippen LogP contribution in [-0.4, -0.2) is 59.0 Å². The van der Waals surface area contributed by atoms with E-state index in [4.69, 9.17) is 4.74 Å². The Morgan fingerprint density at radius 3 is 2.61 bits per heavy atom. The van der Waals surface area contributed by atoms with Crippen molar-refractivity contribution in [2.45, 2.75) is 24.6 Å². The van der Waals surface area contributed by atoms with Gasteiger partial charge in [-0.3, -0.25) is 9.59 Å². The van der Waals surface area contributed by atoms with Gasteiger partial charge in [-0.05, 0) is 31.0 Å². The Balaban J connectivity index is 1.79. The number of carbonyl (C=O) groups is 2. The molecule has 2 aliphatic heterocycles. The molecule has 2 amide bonds. The first-order chi connectivity index (χ1) is 11.1. The summed E-state index contributed by atoms with van der Waals surface area (Å²) in [6.45, 7) is 3.83. The van der Waals surface area contributed by atoms with E-state index in [-0.39, 0.29) is 16.7 Å². The molecule has 2 heterocycles. The fraction of sp³-hybridized carbons (Fsp3) is 0.529. The topological polar surface area (TPSA) is 49.9 Å². The monoisotopic (exact) mass is 334 g/mol. The number of thioether (sulfide) groups is 1. The van der Waals surface area contributed by atoms with E-state index in [2.05, 4.69) is 0 Å². The van der Waals surface area contributed by atoms with Crippen LogP contribution in [0.25, 0.3) is 0 Å². The molecular formula is C17H22N2O3S. The molecule has 3 rings (SSSR count). The quantitative estimate of drug-likeness (QED) is 0.832. The number of methoxy groups -OCH3 is 1. The normalized spacial score (nSPS) is 19.9. The molecule has 5 nitrogen and oxygen atoms in total. The van der Waals surface area contributed by atoms with Crippen LogP contribution in [0, 0.1) is 0 Å². The van der Waals surface area contributed by atoms with E-state index < -0.39 is 0 Å². The Labute approximate surface area is 141 Å². The standard InChI is InChI=1S/C17H22N2O3S/c1-13(20)18-8-6-17(7-9-18)19(10-11-23-17)16(21)14-4-3-5-15(12-14)22-2/h3-5,12H,6-11H2,1-2H3. The van der Waals surface area contributed by atoms with Crippen molar-refractivity contribution >= 4 is 23.6 Å². The Kier molecular flexibility index (Phi) is 4.53. The summed E-state index contributed by atoms with van der Waals surface area (Å²) in [5.41, 5.74) is 0.667. The number of likely N-dealkylation sites (tertiary alicyclic amines) is 1. The summed E-state index contributed by atoms with van der Waals surface area (Å²) in [6, 6.07) is 7.33. The van der Waals surface area contributed by atoms with Crippen molar-refractivity contribution < 1.29 is 14.3 Å². The number of hydrogen-bond acceptors (Lipinski definition) is 4. The zero-order chi connectivity index (χ0) is 16.4. The van der Waals surface area contributed by atoms with Crippen LogP contribution in [0.3, 0.4) is 0 Å². The fourth-order valence-corrected chi connectivity index (χ4v) is 4.85. The van der Waals surface area contributed by atoms with Crippen LogP contribution < -0.4 is 4.74 Å². The maximum atomic E-state index is 13.0. The van der Waals surface area contributed by atoms with Crippen LogP contribution in [0.1, 0.15) is 30.1 Å². The molecule has 124 valence electrons. The Morgan fingerprint density at radius 1 is 1.22 bits per heavy atom. The SMILES string of the molecule is COc1cccc(C(=O)N2CCSC23CCN(C(C)=O)CC3)c1. The van der Waals surface area contributed by atoms with Crippen molar-refractivity contribution in [1.82, 2.24) is 9.80 Å². The van der Waals surface area contributed by atoms with Gasteiger partial charge in [0.1, 0.15) is 5.75 Å². The molecule has 0 unspecified atom stereocenters. The molecule has 0 saturated carbocycles. The Hall–Kier alpha value is -1.69. The van der Waals surface area contributed by atoms with E-state index in [9.17, 15) is 9.59 Å².